The van der Waals surface area contributed by atoms with E-state index in [-0.39, 0.29) is 0 Å². The number of anilines is 1. The first kappa shape index (κ1) is 11.0. The predicted molar refractivity (Wildman–Crippen MR) is 67.6 cm³/mol. The molecular weight excluding hydrogens is 268 g/mol. The van der Waals surface area contributed by atoms with E-state index in [0.717, 1.165) is 27.2 Å². The first-order valence-corrected chi connectivity index (χ1v) is 5.59. The standard InChI is InChI=1S/C12H11BrN2O/c1-8-6-9(2-3-11(8)14)16-12-4-5-15-7-10(12)13/h2-7H,14H2,1H3. The Kier molecular flexibility index (Phi) is 3.10. The van der Waals surface area contributed by atoms with Crippen LogP contribution in [0, 0.1) is 6.92 Å². The topological polar surface area (TPSA) is 48.1 Å². The van der Waals surface area contributed by atoms with E-state index in [4.69, 9.17) is 10.5 Å². The fourth-order valence-electron chi connectivity index (χ4n) is 1.28. The summed E-state index contributed by atoms with van der Waals surface area (Å²) in [5, 5.41) is 0. The summed E-state index contributed by atoms with van der Waals surface area (Å²) in [7, 11) is 0. The average Bonchev–Trinajstić information content (AvgIpc) is 2.27. The molecule has 2 aromatic rings. The van der Waals surface area contributed by atoms with Crippen molar-refractivity contribution >= 4 is 21.6 Å². The molecule has 0 bridgehead atoms. The number of hydrogen-bond donors (Lipinski definition) is 1. The predicted octanol–water partition coefficient (Wildman–Crippen LogP) is 3.53. The molecule has 1 heterocycles. The van der Waals surface area contributed by atoms with Gasteiger partial charge in [0.2, 0.25) is 0 Å². The number of nitrogens with two attached hydrogens (primary N) is 1. The number of aryl methyl sites for hydroxylation is 1. The molecule has 1 aromatic heterocycles. The normalized spacial score (nSPS) is 10.1. The number of pyridine rings is 1. The van der Waals surface area contributed by atoms with Gasteiger partial charge in [-0.3, -0.25) is 4.98 Å². The minimum absolute atomic E-state index is 0.735. The first-order chi connectivity index (χ1) is 7.66. The number of nitrogens with zero attached hydrogens (tertiary/aromatic N) is 1. The molecule has 0 radical (unpaired) electrons. The molecular formula is C12H11BrN2O. The van der Waals surface area contributed by atoms with Crippen LogP contribution < -0.4 is 10.5 Å². The van der Waals surface area contributed by atoms with E-state index in [9.17, 15) is 0 Å². The van der Waals surface area contributed by atoms with Crippen LogP contribution in [0.15, 0.2) is 41.1 Å². The third kappa shape index (κ3) is 2.33. The van der Waals surface area contributed by atoms with Crippen molar-refractivity contribution in [2.45, 2.75) is 6.92 Å². The highest BCUT2D eigenvalue weighted by atomic mass is 79.9. The summed E-state index contributed by atoms with van der Waals surface area (Å²) >= 11 is 3.37. The van der Waals surface area contributed by atoms with Crippen LogP contribution in [0.1, 0.15) is 5.56 Å². The van der Waals surface area contributed by atoms with E-state index in [1.807, 2.05) is 25.1 Å². The maximum atomic E-state index is 5.74. The second-order valence-corrected chi connectivity index (χ2v) is 4.28. The van der Waals surface area contributed by atoms with Crippen molar-refractivity contribution in [2.24, 2.45) is 0 Å². The summed E-state index contributed by atoms with van der Waals surface area (Å²) < 4.78 is 6.53. The SMILES string of the molecule is Cc1cc(Oc2ccncc2Br)ccc1N. The highest BCUT2D eigenvalue weighted by Gasteiger charge is 2.03. The van der Waals surface area contributed by atoms with Gasteiger partial charge < -0.3 is 10.5 Å². The van der Waals surface area contributed by atoms with Gasteiger partial charge in [0.1, 0.15) is 11.5 Å². The molecule has 0 aliphatic carbocycles. The van der Waals surface area contributed by atoms with Gasteiger partial charge in [-0.2, -0.15) is 0 Å². The van der Waals surface area contributed by atoms with E-state index in [0.29, 0.717) is 0 Å². The zero-order valence-corrected chi connectivity index (χ0v) is 10.4. The molecule has 0 atom stereocenters. The summed E-state index contributed by atoms with van der Waals surface area (Å²) in [6.07, 6.45) is 3.38. The van der Waals surface area contributed by atoms with E-state index in [2.05, 4.69) is 20.9 Å². The maximum absolute atomic E-state index is 5.74. The van der Waals surface area contributed by atoms with Crippen LogP contribution in [-0.2, 0) is 0 Å². The van der Waals surface area contributed by atoms with Crippen LogP contribution in [0.4, 0.5) is 5.69 Å². The summed E-state index contributed by atoms with van der Waals surface area (Å²) in [5.74, 6) is 1.50. The molecule has 0 spiro atoms. The lowest BCUT2D eigenvalue weighted by molar-refractivity contribution is 0.478. The van der Waals surface area contributed by atoms with Gasteiger partial charge in [-0.25, -0.2) is 0 Å². The van der Waals surface area contributed by atoms with E-state index < -0.39 is 0 Å². The molecule has 16 heavy (non-hydrogen) atoms. The molecule has 4 heteroatoms. The lowest BCUT2D eigenvalue weighted by Gasteiger charge is -2.08. The smallest absolute Gasteiger partial charge is 0.144 e. The largest absolute Gasteiger partial charge is 0.456 e. The fraction of sp³-hybridized carbons (Fsp3) is 0.0833. The number of ether oxygens (including phenoxy) is 1. The van der Waals surface area contributed by atoms with E-state index in [1.54, 1.807) is 18.5 Å². The van der Waals surface area contributed by atoms with Crippen LogP contribution in [0.2, 0.25) is 0 Å². The Morgan fingerprint density at radius 1 is 1.31 bits per heavy atom. The lowest BCUT2D eigenvalue weighted by Crippen LogP contribution is -1.91. The number of halogens is 1. The van der Waals surface area contributed by atoms with Crippen molar-refractivity contribution in [1.82, 2.24) is 4.98 Å². The second kappa shape index (κ2) is 4.53. The minimum Gasteiger partial charge on any atom is -0.456 e. The molecule has 0 saturated heterocycles. The zero-order chi connectivity index (χ0) is 11.5. The van der Waals surface area contributed by atoms with Crippen molar-refractivity contribution < 1.29 is 4.74 Å². The van der Waals surface area contributed by atoms with Gasteiger partial charge in [0.15, 0.2) is 0 Å². The Morgan fingerprint density at radius 3 is 2.81 bits per heavy atom. The summed E-state index contributed by atoms with van der Waals surface area (Å²) in [5.41, 5.74) is 7.50. The van der Waals surface area contributed by atoms with E-state index in [1.165, 1.54) is 0 Å². The molecule has 3 nitrogen and oxygen atoms in total. The average molecular weight is 279 g/mol. The van der Waals surface area contributed by atoms with Gasteiger partial charge in [0, 0.05) is 24.1 Å². The summed E-state index contributed by atoms with van der Waals surface area (Å²) in [4.78, 5) is 3.97. The van der Waals surface area contributed by atoms with Crippen LogP contribution in [0.3, 0.4) is 0 Å². The Hall–Kier alpha value is -1.55. The Bertz CT molecular complexity index is 514. The molecule has 82 valence electrons. The second-order valence-electron chi connectivity index (χ2n) is 3.43. The minimum atomic E-state index is 0.735. The molecule has 2 rings (SSSR count). The summed E-state index contributed by atoms with van der Waals surface area (Å²) in [6, 6.07) is 7.38. The van der Waals surface area contributed by atoms with Crippen molar-refractivity contribution in [2.75, 3.05) is 5.73 Å². The van der Waals surface area contributed by atoms with Crippen LogP contribution in [-0.4, -0.2) is 4.98 Å². The van der Waals surface area contributed by atoms with E-state index >= 15 is 0 Å². The van der Waals surface area contributed by atoms with Gasteiger partial charge in [-0.1, -0.05) is 0 Å². The molecule has 0 amide bonds. The molecule has 0 aliphatic heterocycles. The summed E-state index contributed by atoms with van der Waals surface area (Å²) in [6.45, 7) is 1.95. The molecule has 1 aromatic carbocycles. The lowest BCUT2D eigenvalue weighted by atomic mass is 10.2. The number of rotatable bonds is 2. The number of hydrogen-bond acceptors (Lipinski definition) is 3. The first-order valence-electron chi connectivity index (χ1n) is 4.80. The molecule has 0 unspecified atom stereocenters. The number of aromatic nitrogens is 1. The third-order valence-corrected chi connectivity index (χ3v) is 2.80. The monoisotopic (exact) mass is 278 g/mol. The van der Waals surface area contributed by atoms with Crippen LogP contribution in [0.5, 0.6) is 11.5 Å². The van der Waals surface area contributed by atoms with Gasteiger partial charge in [0.25, 0.3) is 0 Å². The van der Waals surface area contributed by atoms with Gasteiger partial charge in [-0.15, -0.1) is 0 Å². The van der Waals surface area contributed by atoms with Crippen molar-refractivity contribution in [3.05, 3.63) is 46.7 Å². The molecule has 0 fully saturated rings. The van der Waals surface area contributed by atoms with Gasteiger partial charge in [-0.05, 0) is 46.6 Å². The van der Waals surface area contributed by atoms with Crippen molar-refractivity contribution in [3.8, 4) is 11.5 Å². The van der Waals surface area contributed by atoms with Gasteiger partial charge in [0.05, 0.1) is 4.47 Å². The van der Waals surface area contributed by atoms with Crippen LogP contribution >= 0.6 is 15.9 Å². The number of nitrogen functional groups attached to an aromatic ring is 1. The van der Waals surface area contributed by atoms with Crippen molar-refractivity contribution in [3.63, 3.8) is 0 Å². The number of benzene rings is 1. The van der Waals surface area contributed by atoms with Gasteiger partial charge >= 0.3 is 0 Å². The zero-order valence-electron chi connectivity index (χ0n) is 8.77. The van der Waals surface area contributed by atoms with Crippen molar-refractivity contribution in [1.29, 1.82) is 0 Å². The highest BCUT2D eigenvalue weighted by Crippen LogP contribution is 2.29. The molecule has 2 N–H and O–H groups in total. The highest BCUT2D eigenvalue weighted by molar-refractivity contribution is 9.10. The molecule has 0 aliphatic rings. The third-order valence-electron chi connectivity index (χ3n) is 2.20. The van der Waals surface area contributed by atoms with Crippen LogP contribution in [0.25, 0.3) is 0 Å². The fourth-order valence-corrected chi connectivity index (χ4v) is 1.62. The Morgan fingerprint density at radius 2 is 2.12 bits per heavy atom. The maximum Gasteiger partial charge on any atom is 0.144 e. The Balaban J connectivity index is 2.28. The molecule has 0 saturated carbocycles. The Labute approximate surface area is 102 Å². The quantitative estimate of drug-likeness (QED) is 0.855.